The number of carbonyl (C=O) groups excluding carboxylic acids is 1. The molecule has 1 atom stereocenters. The highest BCUT2D eigenvalue weighted by Gasteiger charge is 2.26. The van der Waals surface area contributed by atoms with Crippen molar-refractivity contribution in [2.45, 2.75) is 37.2 Å². The molecule has 0 unspecified atom stereocenters. The van der Waals surface area contributed by atoms with Gasteiger partial charge in [-0.1, -0.05) is 49.0 Å². The number of imidazole rings is 1. The molecule has 0 bridgehead atoms. The minimum Gasteiger partial charge on any atom is -0.492 e. The minimum absolute atomic E-state index is 0.192. The number of carbonyl (C=O) groups is 1. The molecule has 4 aromatic rings. The first kappa shape index (κ1) is 22.8. The molecule has 2 heterocycles. The van der Waals surface area contributed by atoms with Crippen molar-refractivity contribution in [3.63, 3.8) is 0 Å². The molecule has 170 valence electrons. The molecule has 0 fully saturated rings. The number of rotatable bonds is 9. The maximum absolute atomic E-state index is 14.2. The molecule has 6 nitrogen and oxygen atoms in total. The van der Waals surface area contributed by atoms with Gasteiger partial charge in [-0.2, -0.15) is 0 Å². The number of amides is 1. The Morgan fingerprint density at radius 1 is 1.12 bits per heavy atom. The van der Waals surface area contributed by atoms with Crippen LogP contribution in [0.15, 0.2) is 72.0 Å². The summed E-state index contributed by atoms with van der Waals surface area (Å²) in [6.07, 6.45) is 2.21. The van der Waals surface area contributed by atoms with Crippen molar-refractivity contribution in [1.82, 2.24) is 14.5 Å². The zero-order valence-electron chi connectivity index (χ0n) is 18.5. The summed E-state index contributed by atoms with van der Waals surface area (Å²) in [6, 6.07) is 17.1. The number of nitrogens with one attached hydrogen (secondary N) is 1. The number of hydrogen-bond acceptors (Lipinski definition) is 5. The normalized spacial score (nSPS) is 12.0. The topological polar surface area (TPSA) is 69.0 Å². The molecule has 0 spiro atoms. The van der Waals surface area contributed by atoms with Crippen LogP contribution in [0, 0.1) is 5.82 Å². The average Bonchev–Trinajstić information content (AvgIpc) is 3.19. The Labute approximate surface area is 196 Å². The van der Waals surface area contributed by atoms with Crippen LogP contribution in [0.1, 0.15) is 31.9 Å². The van der Waals surface area contributed by atoms with Crippen molar-refractivity contribution in [2.75, 3.05) is 11.9 Å². The van der Waals surface area contributed by atoms with E-state index in [1.54, 1.807) is 18.3 Å². The van der Waals surface area contributed by atoms with E-state index in [1.165, 1.54) is 17.8 Å². The van der Waals surface area contributed by atoms with Gasteiger partial charge in [0.1, 0.15) is 23.1 Å². The van der Waals surface area contributed by atoms with Crippen LogP contribution in [0.3, 0.4) is 0 Å². The molecule has 4 rings (SSSR count). The van der Waals surface area contributed by atoms with Crippen molar-refractivity contribution < 1.29 is 13.9 Å². The monoisotopic (exact) mass is 464 g/mol. The van der Waals surface area contributed by atoms with E-state index >= 15 is 0 Å². The van der Waals surface area contributed by atoms with Crippen molar-refractivity contribution in [2.24, 2.45) is 0 Å². The van der Waals surface area contributed by atoms with Crippen LogP contribution in [0.4, 0.5) is 10.1 Å². The molecular weight excluding hydrogens is 439 g/mol. The molecule has 0 saturated heterocycles. The first-order chi connectivity index (χ1) is 16.1. The lowest BCUT2D eigenvalue weighted by Crippen LogP contribution is -2.26. The Hall–Kier alpha value is -3.39. The molecule has 1 N–H and O–H groups in total. The number of ether oxygens (including phenoxy) is 1. The Balaban J connectivity index is 1.67. The highest BCUT2D eigenvalue weighted by Crippen LogP contribution is 2.32. The van der Waals surface area contributed by atoms with Crippen molar-refractivity contribution in [3.05, 3.63) is 78.2 Å². The lowest BCUT2D eigenvalue weighted by atomic mass is 10.2. The Bertz CT molecular complexity index is 1260. The predicted molar refractivity (Wildman–Crippen MR) is 129 cm³/mol. The van der Waals surface area contributed by atoms with Gasteiger partial charge in [0.15, 0.2) is 10.8 Å². The molecule has 0 aliphatic rings. The first-order valence-corrected chi connectivity index (χ1v) is 11.8. The van der Waals surface area contributed by atoms with Crippen LogP contribution >= 0.6 is 11.8 Å². The summed E-state index contributed by atoms with van der Waals surface area (Å²) in [5.41, 5.74) is 2.50. The molecule has 1 amide bonds. The standard InChI is InChI=1S/C25H25FN4O2S/c1-3-21(24(31)28-19-12-7-8-14-22(19)32-4-2)30-23-20(13-9-15-27-23)29-25(30)33-16-17-10-5-6-11-18(17)26/h5-15,21H,3-4,16H2,1-2H3,(H,28,31)/t21-/m1/s1. The molecule has 2 aromatic heterocycles. The Morgan fingerprint density at radius 2 is 1.91 bits per heavy atom. The summed E-state index contributed by atoms with van der Waals surface area (Å²) >= 11 is 1.39. The quantitative estimate of drug-likeness (QED) is 0.315. The van der Waals surface area contributed by atoms with Gasteiger partial charge in [0.2, 0.25) is 5.91 Å². The summed E-state index contributed by atoms with van der Waals surface area (Å²) in [4.78, 5) is 22.6. The van der Waals surface area contributed by atoms with Gasteiger partial charge in [-0.3, -0.25) is 9.36 Å². The van der Waals surface area contributed by atoms with Crippen LogP contribution < -0.4 is 10.1 Å². The maximum atomic E-state index is 14.2. The van der Waals surface area contributed by atoms with Gasteiger partial charge in [0, 0.05) is 11.9 Å². The lowest BCUT2D eigenvalue weighted by Gasteiger charge is -2.20. The van der Waals surface area contributed by atoms with E-state index in [0.717, 1.165) is 0 Å². The van der Waals surface area contributed by atoms with E-state index in [2.05, 4.69) is 10.3 Å². The van der Waals surface area contributed by atoms with E-state index in [1.807, 2.05) is 60.9 Å². The maximum Gasteiger partial charge on any atom is 0.247 e. The number of para-hydroxylation sites is 2. The van der Waals surface area contributed by atoms with Gasteiger partial charge < -0.3 is 10.1 Å². The third kappa shape index (κ3) is 5.01. The summed E-state index contributed by atoms with van der Waals surface area (Å²) in [6.45, 7) is 4.34. The van der Waals surface area contributed by atoms with E-state index < -0.39 is 6.04 Å². The molecule has 0 saturated carbocycles. The second-order valence-corrected chi connectivity index (χ2v) is 8.28. The zero-order chi connectivity index (χ0) is 23.2. The minimum atomic E-state index is -0.553. The number of aromatic nitrogens is 3. The van der Waals surface area contributed by atoms with Crippen LogP contribution in [0.2, 0.25) is 0 Å². The molecule has 8 heteroatoms. The van der Waals surface area contributed by atoms with Crippen LogP contribution in [-0.4, -0.2) is 27.0 Å². The number of fused-ring (bicyclic) bond motifs is 1. The molecule has 2 aromatic carbocycles. The molecular formula is C25H25FN4O2S. The summed E-state index contributed by atoms with van der Waals surface area (Å²) in [5.74, 6) is 0.553. The smallest absolute Gasteiger partial charge is 0.247 e. The Morgan fingerprint density at radius 3 is 2.70 bits per heavy atom. The lowest BCUT2D eigenvalue weighted by molar-refractivity contribution is -0.119. The van der Waals surface area contributed by atoms with Gasteiger partial charge in [0.05, 0.1) is 12.3 Å². The second-order valence-electron chi connectivity index (χ2n) is 7.33. The van der Waals surface area contributed by atoms with Gasteiger partial charge in [-0.15, -0.1) is 0 Å². The average molecular weight is 465 g/mol. The van der Waals surface area contributed by atoms with E-state index in [0.29, 0.717) is 52.1 Å². The number of hydrogen-bond donors (Lipinski definition) is 1. The Kier molecular flexibility index (Phi) is 7.24. The van der Waals surface area contributed by atoms with Gasteiger partial charge in [0.25, 0.3) is 0 Å². The third-order valence-electron chi connectivity index (χ3n) is 5.18. The summed E-state index contributed by atoms with van der Waals surface area (Å²) in [5, 5.41) is 3.62. The van der Waals surface area contributed by atoms with Gasteiger partial charge in [-0.25, -0.2) is 14.4 Å². The fourth-order valence-electron chi connectivity index (χ4n) is 3.60. The van der Waals surface area contributed by atoms with Crippen LogP contribution in [0.25, 0.3) is 11.2 Å². The number of benzene rings is 2. The van der Waals surface area contributed by atoms with E-state index in [-0.39, 0.29) is 11.7 Å². The van der Waals surface area contributed by atoms with Crippen LogP contribution in [-0.2, 0) is 10.5 Å². The third-order valence-corrected chi connectivity index (χ3v) is 6.18. The summed E-state index contributed by atoms with van der Waals surface area (Å²) < 4.78 is 21.7. The number of pyridine rings is 1. The zero-order valence-corrected chi connectivity index (χ0v) is 19.3. The van der Waals surface area contributed by atoms with E-state index in [4.69, 9.17) is 9.72 Å². The summed E-state index contributed by atoms with van der Waals surface area (Å²) in [7, 11) is 0. The number of halogens is 1. The van der Waals surface area contributed by atoms with Crippen molar-refractivity contribution in [3.8, 4) is 5.75 Å². The largest absolute Gasteiger partial charge is 0.492 e. The number of anilines is 1. The molecule has 0 aliphatic heterocycles. The molecule has 33 heavy (non-hydrogen) atoms. The SMILES string of the molecule is CCOc1ccccc1NC(=O)[C@@H](CC)n1c(SCc2ccccc2F)nc2cccnc21. The van der Waals surface area contributed by atoms with Crippen molar-refractivity contribution in [1.29, 1.82) is 0 Å². The fraction of sp³-hybridized carbons (Fsp3) is 0.240. The van der Waals surface area contributed by atoms with E-state index in [9.17, 15) is 9.18 Å². The highest BCUT2D eigenvalue weighted by molar-refractivity contribution is 7.98. The number of thioether (sulfide) groups is 1. The number of nitrogens with zero attached hydrogens (tertiary/aromatic N) is 3. The molecule has 0 radical (unpaired) electrons. The molecule has 0 aliphatic carbocycles. The fourth-order valence-corrected chi connectivity index (χ4v) is 4.64. The van der Waals surface area contributed by atoms with Gasteiger partial charge in [-0.05, 0) is 49.2 Å². The second kappa shape index (κ2) is 10.5. The first-order valence-electron chi connectivity index (χ1n) is 10.8. The predicted octanol–water partition coefficient (Wildman–Crippen LogP) is 5.85. The van der Waals surface area contributed by atoms with Gasteiger partial charge >= 0.3 is 0 Å². The van der Waals surface area contributed by atoms with Crippen molar-refractivity contribution >= 4 is 34.5 Å². The highest BCUT2D eigenvalue weighted by atomic mass is 32.2. The van der Waals surface area contributed by atoms with Crippen LogP contribution in [0.5, 0.6) is 5.75 Å².